The molecule has 0 nitrogen and oxygen atoms in total. The monoisotopic (exact) mass is 116 g/mol. The summed E-state index contributed by atoms with van der Waals surface area (Å²) in [6.45, 7) is 0. The second-order valence-electron chi connectivity index (χ2n) is 1.00. The highest BCUT2D eigenvalue weighted by molar-refractivity contribution is 7.34. The Bertz CT molecular complexity index is 77.5. The Hall–Kier alpha value is 0.0800. The van der Waals surface area contributed by atoms with Crippen LogP contribution in [0.25, 0.3) is 0 Å². The van der Waals surface area contributed by atoms with Gasteiger partial charge in [0.1, 0.15) is 16.4 Å². The summed E-state index contributed by atoms with van der Waals surface area (Å²) < 4.78 is 0. The summed E-state index contributed by atoms with van der Waals surface area (Å²) in [7, 11) is 1.90. The topological polar surface area (TPSA) is 0 Å². The van der Waals surface area contributed by atoms with Crippen LogP contribution in [0.5, 0.6) is 0 Å². The molecule has 1 aromatic rings. The summed E-state index contributed by atoms with van der Waals surface area (Å²) in [6, 6.07) is 0. The van der Waals surface area contributed by atoms with Crippen molar-refractivity contribution >= 4 is 16.4 Å². The van der Waals surface area contributed by atoms with Crippen LogP contribution in [0.2, 0.25) is 0 Å². The standard InChI is InChI=1S/C4H4P2/c1-2-6-4-3-5-1/h1-4H/p+2. The maximum absolute atomic E-state index is 2.22. The van der Waals surface area contributed by atoms with Crippen molar-refractivity contribution in [1.82, 2.24) is 0 Å². The van der Waals surface area contributed by atoms with Crippen molar-refractivity contribution < 1.29 is 0 Å². The molecule has 0 aromatic carbocycles. The zero-order valence-electron chi connectivity index (χ0n) is 3.31. The molecule has 1 aromatic heterocycles. The van der Waals surface area contributed by atoms with E-state index >= 15 is 0 Å². The zero-order chi connectivity index (χ0) is 4.24. The Morgan fingerprint density at radius 1 is 0.667 bits per heavy atom. The van der Waals surface area contributed by atoms with Gasteiger partial charge in [-0.15, -0.1) is 0 Å². The van der Waals surface area contributed by atoms with Crippen molar-refractivity contribution in [3.05, 3.63) is 23.2 Å². The Morgan fingerprint density at radius 2 is 1.00 bits per heavy atom. The third-order valence-electron chi connectivity index (χ3n) is 0.552. The van der Waals surface area contributed by atoms with E-state index in [-0.39, 0.29) is 0 Å². The summed E-state index contributed by atoms with van der Waals surface area (Å²) in [4.78, 5) is 0. The van der Waals surface area contributed by atoms with E-state index < -0.39 is 0 Å². The molecule has 0 radical (unpaired) electrons. The lowest BCUT2D eigenvalue weighted by atomic mass is 11.1. The molecule has 1 rings (SSSR count). The van der Waals surface area contributed by atoms with Gasteiger partial charge in [-0.3, -0.25) is 0 Å². The van der Waals surface area contributed by atoms with Crippen LogP contribution in [-0.4, -0.2) is 0 Å². The molecular formula is C4H6P2+2. The van der Waals surface area contributed by atoms with Crippen LogP contribution in [0.4, 0.5) is 0 Å². The minimum absolute atomic E-state index is 0.948. The van der Waals surface area contributed by atoms with E-state index in [0.717, 1.165) is 16.4 Å². The van der Waals surface area contributed by atoms with Gasteiger partial charge in [-0.1, -0.05) is 0 Å². The summed E-state index contributed by atoms with van der Waals surface area (Å²) in [5.74, 6) is 8.88. The molecule has 0 bridgehead atoms. The van der Waals surface area contributed by atoms with Crippen LogP contribution in [-0.2, 0) is 0 Å². The van der Waals surface area contributed by atoms with Crippen LogP contribution in [0.15, 0.2) is 23.2 Å². The van der Waals surface area contributed by atoms with Gasteiger partial charge in [0, 0.05) is 0 Å². The molecule has 0 saturated carbocycles. The molecule has 30 valence electrons. The lowest BCUT2D eigenvalue weighted by Crippen LogP contribution is -1.28. The molecule has 0 saturated heterocycles. The molecule has 0 amide bonds. The van der Waals surface area contributed by atoms with Gasteiger partial charge >= 0.3 is 0 Å². The third-order valence-corrected chi connectivity index (χ3v) is 2.65. The molecule has 0 fully saturated rings. The van der Waals surface area contributed by atoms with E-state index in [9.17, 15) is 0 Å². The van der Waals surface area contributed by atoms with Gasteiger partial charge in [-0.2, -0.15) is 0 Å². The highest BCUT2D eigenvalue weighted by Gasteiger charge is 1.78. The Labute approximate surface area is 40.4 Å². The van der Waals surface area contributed by atoms with Crippen LogP contribution < -0.4 is 0 Å². The van der Waals surface area contributed by atoms with E-state index in [1.165, 1.54) is 0 Å². The highest BCUT2D eigenvalue weighted by Crippen LogP contribution is 2.08. The van der Waals surface area contributed by atoms with E-state index in [4.69, 9.17) is 0 Å². The van der Waals surface area contributed by atoms with Gasteiger partial charge in [0.05, 0.1) is 0 Å². The molecule has 2 heteroatoms. The highest BCUT2D eigenvalue weighted by atomic mass is 31.0. The van der Waals surface area contributed by atoms with Crippen molar-refractivity contribution in [2.45, 2.75) is 0 Å². The first kappa shape index (κ1) is 4.24. The van der Waals surface area contributed by atoms with Crippen molar-refractivity contribution in [3.8, 4) is 0 Å². The molecule has 6 heavy (non-hydrogen) atoms. The first-order chi connectivity index (χ1) is 3.00. The average molecular weight is 116 g/mol. The van der Waals surface area contributed by atoms with E-state index in [0.29, 0.717) is 0 Å². The van der Waals surface area contributed by atoms with Gasteiger partial charge in [-0.05, 0) is 0 Å². The smallest absolute Gasteiger partial charge is 0.117 e. The number of rotatable bonds is 0. The Morgan fingerprint density at radius 3 is 1.17 bits per heavy atom. The van der Waals surface area contributed by atoms with Gasteiger partial charge in [0.15, 0.2) is 23.2 Å². The molecule has 0 aliphatic heterocycles. The second-order valence-corrected chi connectivity index (χ2v) is 3.00. The number of hydrogen-bond donors (Lipinski definition) is 0. The molecule has 0 unspecified atom stereocenters. The van der Waals surface area contributed by atoms with E-state index in [1.54, 1.807) is 0 Å². The normalized spacial score (nSPS) is 10.7. The van der Waals surface area contributed by atoms with Crippen molar-refractivity contribution in [2.24, 2.45) is 0 Å². The van der Waals surface area contributed by atoms with Crippen molar-refractivity contribution in [3.63, 3.8) is 0 Å². The molecule has 0 aliphatic rings. The van der Waals surface area contributed by atoms with Crippen LogP contribution in [0.3, 0.4) is 0 Å². The van der Waals surface area contributed by atoms with Crippen LogP contribution >= 0.6 is 16.4 Å². The minimum Gasteiger partial charge on any atom is 0.117 e. The molecule has 0 aliphatic carbocycles. The minimum atomic E-state index is 0.948. The van der Waals surface area contributed by atoms with E-state index in [2.05, 4.69) is 23.2 Å². The molecule has 1 heterocycles. The summed E-state index contributed by atoms with van der Waals surface area (Å²) in [5.41, 5.74) is 0. The predicted octanol–water partition coefficient (Wildman–Crippen LogP) is 2.31. The Balaban J connectivity index is 3.00. The summed E-state index contributed by atoms with van der Waals surface area (Å²) in [6.07, 6.45) is 0. The quantitative estimate of drug-likeness (QED) is 0.487. The van der Waals surface area contributed by atoms with Crippen molar-refractivity contribution in [1.29, 1.82) is 0 Å². The SMILES string of the molecule is c1c[pH+]cc[pH+]1. The van der Waals surface area contributed by atoms with Gasteiger partial charge in [-0.25, -0.2) is 0 Å². The summed E-state index contributed by atoms with van der Waals surface area (Å²) >= 11 is 0. The zero-order valence-corrected chi connectivity index (χ0v) is 5.31. The fourth-order valence-corrected chi connectivity index (χ4v) is 2.07. The fourth-order valence-electron chi connectivity index (χ4n) is 0.304. The molecular weight excluding hydrogens is 110 g/mol. The average Bonchev–Trinajstić information content (AvgIpc) is 1.72. The Kier molecular flexibility index (Phi) is 1.62. The maximum atomic E-state index is 2.22. The van der Waals surface area contributed by atoms with Gasteiger partial charge < -0.3 is 0 Å². The van der Waals surface area contributed by atoms with Gasteiger partial charge in [0.25, 0.3) is 0 Å². The molecule has 0 spiro atoms. The molecule has 0 N–H and O–H groups in total. The predicted molar refractivity (Wildman–Crippen MR) is 34.3 cm³/mol. The third kappa shape index (κ3) is 1.05. The van der Waals surface area contributed by atoms with Crippen LogP contribution in [0.1, 0.15) is 0 Å². The molecule has 0 atom stereocenters. The van der Waals surface area contributed by atoms with E-state index in [1.807, 2.05) is 0 Å². The number of hydrogen-bond acceptors (Lipinski definition) is 0. The van der Waals surface area contributed by atoms with Crippen LogP contribution in [0, 0.1) is 0 Å². The van der Waals surface area contributed by atoms with Crippen molar-refractivity contribution in [2.75, 3.05) is 0 Å². The first-order valence-electron chi connectivity index (χ1n) is 1.82. The lowest BCUT2D eigenvalue weighted by molar-refractivity contribution is 2.25. The first-order valence-corrected chi connectivity index (χ1v) is 4.13. The lowest BCUT2D eigenvalue weighted by Gasteiger charge is -1.49. The fraction of sp³-hybridized carbons (Fsp3) is 0. The van der Waals surface area contributed by atoms with Gasteiger partial charge in [0.2, 0.25) is 0 Å². The summed E-state index contributed by atoms with van der Waals surface area (Å²) in [5, 5.41) is 0. The maximum Gasteiger partial charge on any atom is 0.152 e. The second kappa shape index (κ2) is 2.29. The largest absolute Gasteiger partial charge is 0.152 e.